The van der Waals surface area contributed by atoms with Crippen molar-refractivity contribution >= 4 is 0 Å². The molecule has 1 aliphatic rings. The molecule has 2 heterocycles. The zero-order chi connectivity index (χ0) is 10.7. The molecule has 0 radical (unpaired) electrons. The van der Waals surface area contributed by atoms with Gasteiger partial charge in [-0.05, 0) is 51.2 Å². The van der Waals surface area contributed by atoms with Crippen LogP contribution in [0.3, 0.4) is 0 Å². The fourth-order valence-corrected chi connectivity index (χ4v) is 2.30. The molecule has 0 aromatic carbocycles. The lowest BCUT2D eigenvalue weighted by molar-refractivity contribution is 0.172. The third-order valence-corrected chi connectivity index (χ3v) is 3.45. The molecular formula is C12H19N3. The van der Waals surface area contributed by atoms with Crippen LogP contribution >= 0.6 is 0 Å². The van der Waals surface area contributed by atoms with E-state index in [0.717, 1.165) is 19.5 Å². The summed E-state index contributed by atoms with van der Waals surface area (Å²) < 4.78 is 0. The van der Waals surface area contributed by atoms with Gasteiger partial charge in [-0.2, -0.15) is 0 Å². The van der Waals surface area contributed by atoms with E-state index in [9.17, 15) is 0 Å². The first-order chi connectivity index (χ1) is 7.23. The van der Waals surface area contributed by atoms with E-state index in [-0.39, 0.29) is 0 Å². The van der Waals surface area contributed by atoms with E-state index in [0.29, 0.717) is 5.54 Å². The van der Waals surface area contributed by atoms with Crippen molar-refractivity contribution in [3.05, 3.63) is 30.1 Å². The minimum absolute atomic E-state index is 0.293. The van der Waals surface area contributed by atoms with Crippen LogP contribution in [-0.4, -0.2) is 42.6 Å². The second-order valence-electron chi connectivity index (χ2n) is 4.58. The summed E-state index contributed by atoms with van der Waals surface area (Å²) in [6.45, 7) is 2.21. The predicted octanol–water partition coefficient (Wildman–Crippen LogP) is 0.918. The molecule has 0 spiro atoms. The Bertz CT molecular complexity index is 302. The smallest absolute Gasteiger partial charge is 0.0380 e. The highest BCUT2D eigenvalue weighted by atomic mass is 15.2. The molecule has 1 unspecified atom stereocenters. The van der Waals surface area contributed by atoms with Crippen molar-refractivity contribution in [3.8, 4) is 0 Å². The summed E-state index contributed by atoms with van der Waals surface area (Å²) >= 11 is 0. The van der Waals surface area contributed by atoms with Crippen LogP contribution in [0.4, 0.5) is 0 Å². The number of nitrogens with one attached hydrogen (secondary N) is 1. The summed E-state index contributed by atoms with van der Waals surface area (Å²) in [6, 6.07) is 4.23. The largest absolute Gasteiger partial charge is 0.315 e. The van der Waals surface area contributed by atoms with Gasteiger partial charge in [0.05, 0.1) is 0 Å². The molecule has 1 atom stereocenters. The summed E-state index contributed by atoms with van der Waals surface area (Å²) in [4.78, 5) is 6.41. The number of nitrogens with zero attached hydrogens (tertiary/aromatic N) is 2. The number of hydrogen-bond donors (Lipinski definition) is 1. The Morgan fingerprint density at radius 3 is 2.67 bits per heavy atom. The van der Waals surface area contributed by atoms with Gasteiger partial charge >= 0.3 is 0 Å². The topological polar surface area (TPSA) is 28.2 Å². The van der Waals surface area contributed by atoms with Crippen LogP contribution in [0.5, 0.6) is 0 Å². The molecule has 0 aliphatic carbocycles. The summed E-state index contributed by atoms with van der Waals surface area (Å²) in [5.74, 6) is 0. The maximum absolute atomic E-state index is 4.06. The van der Waals surface area contributed by atoms with E-state index in [1.807, 2.05) is 12.4 Å². The van der Waals surface area contributed by atoms with Gasteiger partial charge in [0.15, 0.2) is 0 Å². The standard InChI is InChI=1S/C12H19N3/c1-15(2)12(5-8-14-10-12)9-11-3-6-13-7-4-11/h3-4,6-7,14H,5,8-10H2,1-2H3. The van der Waals surface area contributed by atoms with Crippen LogP contribution in [-0.2, 0) is 6.42 Å². The van der Waals surface area contributed by atoms with Crippen LogP contribution in [0.1, 0.15) is 12.0 Å². The van der Waals surface area contributed by atoms with Crippen molar-refractivity contribution in [2.45, 2.75) is 18.4 Å². The Labute approximate surface area is 91.5 Å². The van der Waals surface area contributed by atoms with E-state index in [1.165, 1.54) is 12.0 Å². The van der Waals surface area contributed by atoms with E-state index in [2.05, 4.69) is 41.4 Å². The lowest BCUT2D eigenvalue weighted by atomic mass is 9.89. The van der Waals surface area contributed by atoms with Gasteiger partial charge in [0.2, 0.25) is 0 Å². The molecule has 0 saturated carbocycles. The zero-order valence-electron chi connectivity index (χ0n) is 9.53. The molecule has 1 aromatic heterocycles. The summed E-state index contributed by atoms with van der Waals surface area (Å²) in [5.41, 5.74) is 1.67. The van der Waals surface area contributed by atoms with Gasteiger partial charge in [-0.3, -0.25) is 4.98 Å². The molecule has 3 heteroatoms. The Morgan fingerprint density at radius 2 is 2.13 bits per heavy atom. The van der Waals surface area contributed by atoms with Gasteiger partial charge < -0.3 is 10.2 Å². The maximum atomic E-state index is 4.06. The maximum Gasteiger partial charge on any atom is 0.0380 e. The first-order valence-electron chi connectivity index (χ1n) is 5.50. The summed E-state index contributed by atoms with van der Waals surface area (Å²) in [5, 5.41) is 3.46. The molecule has 3 nitrogen and oxygen atoms in total. The Hall–Kier alpha value is -0.930. The zero-order valence-corrected chi connectivity index (χ0v) is 9.53. The molecule has 0 bridgehead atoms. The van der Waals surface area contributed by atoms with Gasteiger partial charge in [-0.1, -0.05) is 0 Å². The highest BCUT2D eigenvalue weighted by Gasteiger charge is 2.35. The minimum atomic E-state index is 0.293. The molecule has 1 fully saturated rings. The quantitative estimate of drug-likeness (QED) is 0.795. The van der Waals surface area contributed by atoms with E-state index >= 15 is 0 Å². The highest BCUT2D eigenvalue weighted by Crippen LogP contribution is 2.25. The number of rotatable bonds is 3. The van der Waals surface area contributed by atoms with Crippen LogP contribution in [0.2, 0.25) is 0 Å². The molecule has 0 amide bonds. The van der Waals surface area contributed by atoms with Crippen molar-refractivity contribution < 1.29 is 0 Å². The van der Waals surface area contributed by atoms with Crippen molar-refractivity contribution in [2.24, 2.45) is 0 Å². The molecule has 15 heavy (non-hydrogen) atoms. The molecular weight excluding hydrogens is 186 g/mol. The Morgan fingerprint density at radius 1 is 1.40 bits per heavy atom. The fourth-order valence-electron chi connectivity index (χ4n) is 2.30. The normalized spacial score (nSPS) is 26.1. The number of pyridine rings is 1. The fraction of sp³-hybridized carbons (Fsp3) is 0.583. The number of likely N-dealkylation sites (N-methyl/N-ethyl adjacent to an activating group) is 1. The van der Waals surface area contributed by atoms with Crippen LogP contribution < -0.4 is 5.32 Å². The molecule has 2 rings (SSSR count). The van der Waals surface area contributed by atoms with Gasteiger partial charge in [-0.15, -0.1) is 0 Å². The summed E-state index contributed by atoms with van der Waals surface area (Å²) in [7, 11) is 4.35. The first kappa shape index (κ1) is 10.6. The van der Waals surface area contributed by atoms with Crippen LogP contribution in [0.15, 0.2) is 24.5 Å². The lowest BCUT2D eigenvalue weighted by Crippen LogP contribution is -2.47. The molecule has 1 N–H and O–H groups in total. The molecule has 1 aromatic rings. The highest BCUT2D eigenvalue weighted by molar-refractivity contribution is 5.16. The minimum Gasteiger partial charge on any atom is -0.315 e. The third kappa shape index (κ3) is 2.19. The average Bonchev–Trinajstić information content (AvgIpc) is 2.69. The molecule has 1 saturated heterocycles. The Balaban J connectivity index is 2.14. The number of aromatic nitrogens is 1. The van der Waals surface area contributed by atoms with Gasteiger partial charge in [0.25, 0.3) is 0 Å². The lowest BCUT2D eigenvalue weighted by Gasteiger charge is -2.35. The van der Waals surface area contributed by atoms with E-state index in [4.69, 9.17) is 0 Å². The van der Waals surface area contributed by atoms with E-state index in [1.54, 1.807) is 0 Å². The summed E-state index contributed by atoms with van der Waals surface area (Å²) in [6.07, 6.45) is 6.08. The Kier molecular flexibility index (Phi) is 3.03. The van der Waals surface area contributed by atoms with Crippen molar-refractivity contribution in [1.29, 1.82) is 0 Å². The third-order valence-electron chi connectivity index (χ3n) is 3.45. The van der Waals surface area contributed by atoms with Gasteiger partial charge in [0.1, 0.15) is 0 Å². The van der Waals surface area contributed by atoms with Crippen LogP contribution in [0, 0.1) is 0 Å². The van der Waals surface area contributed by atoms with Crippen molar-refractivity contribution in [1.82, 2.24) is 15.2 Å². The second-order valence-corrected chi connectivity index (χ2v) is 4.58. The first-order valence-corrected chi connectivity index (χ1v) is 5.50. The SMILES string of the molecule is CN(C)C1(Cc2ccncc2)CCNC1. The molecule has 82 valence electrons. The molecule has 1 aliphatic heterocycles. The van der Waals surface area contributed by atoms with Crippen molar-refractivity contribution in [2.75, 3.05) is 27.2 Å². The number of hydrogen-bond acceptors (Lipinski definition) is 3. The second kappa shape index (κ2) is 4.29. The van der Waals surface area contributed by atoms with Crippen LogP contribution in [0.25, 0.3) is 0 Å². The van der Waals surface area contributed by atoms with Crippen molar-refractivity contribution in [3.63, 3.8) is 0 Å². The van der Waals surface area contributed by atoms with Gasteiger partial charge in [0, 0.05) is 24.5 Å². The van der Waals surface area contributed by atoms with Gasteiger partial charge in [-0.25, -0.2) is 0 Å². The predicted molar refractivity (Wildman–Crippen MR) is 61.8 cm³/mol. The monoisotopic (exact) mass is 205 g/mol. The van der Waals surface area contributed by atoms with E-state index < -0.39 is 0 Å². The average molecular weight is 205 g/mol.